The van der Waals surface area contributed by atoms with Crippen molar-refractivity contribution in [1.29, 1.82) is 0 Å². The van der Waals surface area contributed by atoms with Gasteiger partial charge >= 0.3 is 0 Å². The van der Waals surface area contributed by atoms with E-state index in [0.29, 0.717) is 24.2 Å². The second-order valence-corrected chi connectivity index (χ2v) is 8.19. The van der Waals surface area contributed by atoms with Crippen LogP contribution in [0.1, 0.15) is 42.8 Å². The predicted molar refractivity (Wildman–Crippen MR) is 103 cm³/mol. The zero-order valence-electron chi connectivity index (χ0n) is 15.5. The molecule has 4 rings (SSSR count). The molecule has 146 valence electrons. The fourth-order valence-corrected chi connectivity index (χ4v) is 3.76. The normalized spacial score (nSPS) is 14.8. The highest BCUT2D eigenvalue weighted by atomic mass is 32.2. The molecule has 1 amide bonds. The van der Waals surface area contributed by atoms with Gasteiger partial charge in [-0.2, -0.15) is 0 Å². The molecule has 0 spiro atoms. The largest absolute Gasteiger partial charge is 0.467 e. The van der Waals surface area contributed by atoms with E-state index in [1.54, 1.807) is 18.4 Å². The smallest absolute Gasteiger partial charge is 0.233 e. The Morgan fingerprint density at radius 3 is 2.79 bits per heavy atom. The van der Waals surface area contributed by atoms with Crippen LogP contribution in [-0.2, 0) is 17.9 Å². The molecule has 1 saturated carbocycles. The Hall–Kier alpha value is -2.61. The molecule has 0 radical (unpaired) electrons. The minimum Gasteiger partial charge on any atom is -0.467 e. The third-order valence-corrected chi connectivity index (χ3v) is 5.69. The summed E-state index contributed by atoms with van der Waals surface area (Å²) >= 11 is 1.38. The molecule has 3 aromatic rings. The SMILES string of the molecule is CC(Sc1nnc(C2CC2)n1Cc1ccco1)C(=O)NCc1ccc(F)cc1. The molecule has 1 fully saturated rings. The number of carbonyl (C=O) groups is 1. The lowest BCUT2D eigenvalue weighted by molar-refractivity contribution is -0.120. The van der Waals surface area contributed by atoms with E-state index < -0.39 is 0 Å². The number of rotatable bonds is 8. The topological polar surface area (TPSA) is 73.0 Å². The van der Waals surface area contributed by atoms with E-state index in [4.69, 9.17) is 4.42 Å². The number of hydrogen-bond donors (Lipinski definition) is 1. The molecular formula is C20H21FN4O2S. The first-order chi connectivity index (χ1) is 13.6. The molecule has 8 heteroatoms. The molecule has 1 aromatic carbocycles. The number of halogens is 1. The Balaban J connectivity index is 1.41. The summed E-state index contributed by atoms with van der Waals surface area (Å²) in [6, 6.07) is 9.87. The molecule has 0 bridgehead atoms. The number of carbonyl (C=O) groups excluding carboxylic acids is 1. The zero-order valence-corrected chi connectivity index (χ0v) is 16.3. The second kappa shape index (κ2) is 8.18. The van der Waals surface area contributed by atoms with Gasteiger partial charge in [0.1, 0.15) is 17.4 Å². The lowest BCUT2D eigenvalue weighted by Gasteiger charge is -2.13. The van der Waals surface area contributed by atoms with Crippen LogP contribution in [-0.4, -0.2) is 25.9 Å². The van der Waals surface area contributed by atoms with Gasteiger partial charge < -0.3 is 9.73 Å². The van der Waals surface area contributed by atoms with Crippen LogP contribution in [0.4, 0.5) is 4.39 Å². The highest BCUT2D eigenvalue weighted by Crippen LogP contribution is 2.40. The third kappa shape index (κ3) is 4.44. The number of nitrogens with one attached hydrogen (secondary N) is 1. The standard InChI is InChI=1S/C20H21FN4O2S/c1-13(19(26)22-11-14-4-8-16(21)9-5-14)28-20-24-23-18(15-6-7-15)25(20)12-17-3-2-10-27-17/h2-5,8-10,13,15H,6-7,11-12H2,1H3,(H,22,26). The number of nitrogens with zero attached hydrogens (tertiary/aromatic N) is 3. The Bertz CT molecular complexity index is 936. The molecule has 1 aliphatic carbocycles. The van der Waals surface area contributed by atoms with Crippen LogP contribution < -0.4 is 5.32 Å². The highest BCUT2D eigenvalue weighted by molar-refractivity contribution is 8.00. The number of hydrogen-bond acceptors (Lipinski definition) is 5. The Labute approximate surface area is 166 Å². The summed E-state index contributed by atoms with van der Waals surface area (Å²) in [6.45, 7) is 2.75. The number of furan rings is 1. The minimum atomic E-state index is -0.341. The van der Waals surface area contributed by atoms with Crippen LogP contribution in [0, 0.1) is 5.82 Å². The van der Waals surface area contributed by atoms with Crippen LogP contribution in [0.2, 0.25) is 0 Å². The maximum atomic E-state index is 13.0. The van der Waals surface area contributed by atoms with Crippen LogP contribution in [0.3, 0.4) is 0 Å². The number of aromatic nitrogens is 3. The van der Waals surface area contributed by atoms with Gasteiger partial charge in [0.25, 0.3) is 0 Å². The molecule has 28 heavy (non-hydrogen) atoms. The summed E-state index contributed by atoms with van der Waals surface area (Å²) in [4.78, 5) is 12.5. The predicted octanol–water partition coefficient (Wildman–Crippen LogP) is 3.73. The summed E-state index contributed by atoms with van der Waals surface area (Å²) < 4.78 is 20.5. The molecule has 1 N–H and O–H groups in total. The van der Waals surface area contributed by atoms with Gasteiger partial charge in [-0.15, -0.1) is 10.2 Å². The molecule has 6 nitrogen and oxygen atoms in total. The van der Waals surface area contributed by atoms with Crippen LogP contribution in [0.5, 0.6) is 0 Å². The molecule has 0 saturated heterocycles. The van der Waals surface area contributed by atoms with Gasteiger partial charge in [-0.1, -0.05) is 23.9 Å². The average molecular weight is 400 g/mol. The summed E-state index contributed by atoms with van der Waals surface area (Å²) in [5.74, 6) is 1.84. The number of amides is 1. The number of benzene rings is 1. The van der Waals surface area contributed by atoms with Crippen molar-refractivity contribution in [3.05, 3.63) is 65.6 Å². The molecule has 1 aliphatic rings. The van der Waals surface area contributed by atoms with Gasteiger partial charge in [-0.05, 0) is 49.6 Å². The molecule has 2 heterocycles. The molecule has 1 unspecified atom stereocenters. The quantitative estimate of drug-likeness (QED) is 0.583. The molecule has 0 aliphatic heterocycles. The summed E-state index contributed by atoms with van der Waals surface area (Å²) in [6.07, 6.45) is 3.89. The van der Waals surface area contributed by atoms with Crippen molar-refractivity contribution in [1.82, 2.24) is 20.1 Å². The van der Waals surface area contributed by atoms with Gasteiger partial charge in [0.2, 0.25) is 5.91 Å². The fraction of sp³-hybridized carbons (Fsp3) is 0.350. The molecule has 1 atom stereocenters. The van der Waals surface area contributed by atoms with E-state index in [0.717, 1.165) is 30.0 Å². The first kappa shape index (κ1) is 18.7. The van der Waals surface area contributed by atoms with Crippen molar-refractivity contribution in [3.8, 4) is 0 Å². The first-order valence-corrected chi connectivity index (χ1v) is 10.1. The fourth-order valence-electron chi connectivity index (χ4n) is 2.88. The third-order valence-electron chi connectivity index (χ3n) is 4.61. The van der Waals surface area contributed by atoms with Crippen molar-refractivity contribution in [2.24, 2.45) is 0 Å². The van der Waals surface area contributed by atoms with Crippen molar-refractivity contribution >= 4 is 17.7 Å². The van der Waals surface area contributed by atoms with Crippen LogP contribution in [0.15, 0.2) is 52.2 Å². The van der Waals surface area contributed by atoms with E-state index in [9.17, 15) is 9.18 Å². The van der Waals surface area contributed by atoms with Gasteiger partial charge in [0, 0.05) is 12.5 Å². The zero-order chi connectivity index (χ0) is 19.5. The summed E-state index contributed by atoms with van der Waals surface area (Å²) in [7, 11) is 0. The summed E-state index contributed by atoms with van der Waals surface area (Å²) in [5, 5.41) is 11.9. The maximum Gasteiger partial charge on any atom is 0.233 e. The molecular weight excluding hydrogens is 379 g/mol. The monoisotopic (exact) mass is 400 g/mol. The number of thioether (sulfide) groups is 1. The molecule has 2 aromatic heterocycles. The Morgan fingerprint density at radius 2 is 2.11 bits per heavy atom. The van der Waals surface area contributed by atoms with Gasteiger partial charge in [0.05, 0.1) is 18.1 Å². The Kier molecular flexibility index (Phi) is 5.47. The lowest BCUT2D eigenvalue weighted by atomic mass is 10.2. The first-order valence-electron chi connectivity index (χ1n) is 9.24. The van der Waals surface area contributed by atoms with Gasteiger partial charge in [0.15, 0.2) is 5.16 Å². The van der Waals surface area contributed by atoms with E-state index in [1.165, 1.54) is 23.9 Å². The lowest BCUT2D eigenvalue weighted by Crippen LogP contribution is -2.30. The van der Waals surface area contributed by atoms with Crippen LogP contribution >= 0.6 is 11.8 Å². The van der Waals surface area contributed by atoms with Crippen molar-refractivity contribution in [3.63, 3.8) is 0 Å². The second-order valence-electron chi connectivity index (χ2n) is 6.88. The van der Waals surface area contributed by atoms with E-state index in [-0.39, 0.29) is 17.0 Å². The van der Waals surface area contributed by atoms with E-state index in [1.807, 2.05) is 23.6 Å². The Morgan fingerprint density at radius 1 is 1.32 bits per heavy atom. The minimum absolute atomic E-state index is 0.102. The van der Waals surface area contributed by atoms with E-state index in [2.05, 4.69) is 15.5 Å². The van der Waals surface area contributed by atoms with E-state index >= 15 is 0 Å². The van der Waals surface area contributed by atoms with Gasteiger partial charge in [-0.25, -0.2) is 4.39 Å². The maximum absolute atomic E-state index is 13.0. The summed E-state index contributed by atoms with van der Waals surface area (Å²) in [5.41, 5.74) is 0.851. The average Bonchev–Trinajstić information content (AvgIpc) is 3.27. The van der Waals surface area contributed by atoms with Crippen LogP contribution in [0.25, 0.3) is 0 Å². The van der Waals surface area contributed by atoms with Gasteiger partial charge in [-0.3, -0.25) is 9.36 Å². The highest BCUT2D eigenvalue weighted by Gasteiger charge is 2.31. The van der Waals surface area contributed by atoms with Crippen molar-refractivity contribution < 1.29 is 13.6 Å². The van der Waals surface area contributed by atoms with Crippen molar-refractivity contribution in [2.45, 2.75) is 49.2 Å². The van der Waals surface area contributed by atoms with Crippen molar-refractivity contribution in [2.75, 3.05) is 0 Å².